The molecule has 0 aliphatic heterocycles. The van der Waals surface area contributed by atoms with E-state index in [2.05, 4.69) is 15.0 Å². The number of nitrogens with two attached hydrogens (primary N) is 3. The molecule has 0 fully saturated rings. The molecule has 13 heavy (non-hydrogen) atoms. The van der Waals surface area contributed by atoms with Crippen molar-refractivity contribution in [3.05, 3.63) is 0 Å². The number of aliphatic hydroxyl groups is 1. The van der Waals surface area contributed by atoms with Gasteiger partial charge in [-0.3, -0.25) is 0 Å². The molecule has 0 heterocycles. The summed E-state index contributed by atoms with van der Waals surface area (Å²) < 4.78 is 0. The number of nitrogens with zero attached hydrogens (tertiary/aromatic N) is 2. The fourth-order valence-electron chi connectivity index (χ4n) is 0.321. The Hall–Kier alpha value is -1.83. The van der Waals surface area contributed by atoms with Crippen LogP contribution in [-0.4, -0.2) is 29.1 Å². The molecule has 0 aliphatic carbocycles. The van der Waals surface area contributed by atoms with Crippen LogP contribution in [0.5, 0.6) is 0 Å². The van der Waals surface area contributed by atoms with E-state index in [-0.39, 0.29) is 5.96 Å². The monoisotopic (exact) mass is 189 g/mol. The molecule has 0 saturated heterocycles. The van der Waals surface area contributed by atoms with Crippen LogP contribution in [-0.2, 0) is 9.63 Å². The van der Waals surface area contributed by atoms with E-state index < -0.39 is 18.0 Å². The molecule has 0 radical (unpaired) electrons. The number of guanidine groups is 2. The second kappa shape index (κ2) is 4.93. The first-order chi connectivity index (χ1) is 5.93. The van der Waals surface area contributed by atoms with Crippen LogP contribution >= 0.6 is 0 Å². The van der Waals surface area contributed by atoms with Crippen LogP contribution in [0.3, 0.4) is 0 Å². The number of hydrogen-bond donors (Lipinski definition) is 4. The summed E-state index contributed by atoms with van der Waals surface area (Å²) in [4.78, 5) is 18.0. The van der Waals surface area contributed by atoms with Crippen LogP contribution in [0, 0.1) is 0 Å². The van der Waals surface area contributed by atoms with Crippen LogP contribution in [0.2, 0.25) is 0 Å². The normalized spacial score (nSPS) is 13.2. The van der Waals surface area contributed by atoms with Gasteiger partial charge in [0.15, 0.2) is 12.1 Å². The molecular formula is C5H11N5O3. The Morgan fingerprint density at radius 3 is 2.38 bits per heavy atom. The van der Waals surface area contributed by atoms with Crippen molar-refractivity contribution in [2.75, 3.05) is 0 Å². The van der Waals surface area contributed by atoms with Gasteiger partial charge in [-0.1, -0.05) is 0 Å². The molecule has 1 atom stereocenters. The van der Waals surface area contributed by atoms with Gasteiger partial charge in [0.05, 0.1) is 0 Å². The Kier molecular flexibility index (Phi) is 4.24. The summed E-state index contributed by atoms with van der Waals surface area (Å²) in [6.45, 7) is 1.22. The molecule has 0 amide bonds. The first-order valence-corrected chi connectivity index (χ1v) is 3.25. The fourth-order valence-corrected chi connectivity index (χ4v) is 0.321. The van der Waals surface area contributed by atoms with Gasteiger partial charge >= 0.3 is 5.97 Å². The maximum Gasteiger partial charge on any atom is 0.363 e. The average molecular weight is 189 g/mol. The lowest BCUT2D eigenvalue weighted by Gasteiger charge is -1.99. The summed E-state index contributed by atoms with van der Waals surface area (Å²) in [7, 11) is 0. The van der Waals surface area contributed by atoms with Gasteiger partial charge in [0.2, 0.25) is 0 Å². The van der Waals surface area contributed by atoms with Gasteiger partial charge in [-0.05, 0) is 12.1 Å². The van der Waals surface area contributed by atoms with Crippen molar-refractivity contribution in [3.8, 4) is 0 Å². The van der Waals surface area contributed by atoms with Crippen molar-refractivity contribution in [1.82, 2.24) is 0 Å². The molecule has 7 N–H and O–H groups in total. The molecule has 0 spiro atoms. The molecule has 8 nitrogen and oxygen atoms in total. The topological polar surface area (TPSA) is 149 Å². The molecular weight excluding hydrogens is 178 g/mol. The molecule has 1 unspecified atom stereocenters. The molecule has 0 aromatic heterocycles. The number of carbonyl (C=O) groups excluding carboxylic acids is 1. The van der Waals surface area contributed by atoms with E-state index in [0.717, 1.165) is 0 Å². The van der Waals surface area contributed by atoms with Gasteiger partial charge in [-0.2, -0.15) is 4.99 Å². The van der Waals surface area contributed by atoms with Gasteiger partial charge in [-0.15, -0.1) is 0 Å². The maximum absolute atomic E-state index is 10.6. The van der Waals surface area contributed by atoms with Crippen LogP contribution in [0.25, 0.3) is 0 Å². The minimum atomic E-state index is -1.28. The zero-order chi connectivity index (χ0) is 10.4. The predicted molar refractivity (Wildman–Crippen MR) is 45.2 cm³/mol. The van der Waals surface area contributed by atoms with E-state index in [1.54, 1.807) is 0 Å². The van der Waals surface area contributed by atoms with E-state index >= 15 is 0 Å². The summed E-state index contributed by atoms with van der Waals surface area (Å²) in [6, 6.07) is 0. The Balaban J connectivity index is 4.13. The highest BCUT2D eigenvalue weighted by Gasteiger charge is 2.09. The standard InChI is InChI=1S/C5H11N5O3/c1-2(11)3(12)13-10-5(8)9-4(6)7/h2,11H,1H3,(H6,6,7,8,9,10). The lowest BCUT2D eigenvalue weighted by atomic mass is 10.4. The van der Waals surface area contributed by atoms with E-state index in [1.165, 1.54) is 6.92 Å². The molecule has 0 aliphatic rings. The predicted octanol–water partition coefficient (Wildman–Crippen LogP) is -2.59. The van der Waals surface area contributed by atoms with E-state index in [0.29, 0.717) is 0 Å². The van der Waals surface area contributed by atoms with E-state index in [9.17, 15) is 4.79 Å². The summed E-state index contributed by atoms with van der Waals surface area (Å²) in [5.74, 6) is -1.67. The van der Waals surface area contributed by atoms with Gasteiger partial charge in [0.1, 0.15) is 0 Å². The van der Waals surface area contributed by atoms with Crippen molar-refractivity contribution in [2.24, 2.45) is 27.3 Å². The SMILES string of the molecule is CC(O)C(=O)O/N=C(\N)N=C(N)N. The maximum atomic E-state index is 10.6. The van der Waals surface area contributed by atoms with Gasteiger partial charge in [0, 0.05) is 0 Å². The van der Waals surface area contributed by atoms with E-state index in [4.69, 9.17) is 22.3 Å². The second-order valence-corrected chi connectivity index (χ2v) is 2.07. The van der Waals surface area contributed by atoms with Crippen LogP contribution in [0.4, 0.5) is 0 Å². The highest BCUT2D eigenvalue weighted by atomic mass is 16.7. The fraction of sp³-hybridized carbons (Fsp3) is 0.400. The summed E-state index contributed by atoms with van der Waals surface area (Å²) >= 11 is 0. The number of hydrogen-bond acceptors (Lipinski definition) is 4. The third-order valence-electron chi connectivity index (χ3n) is 0.814. The lowest BCUT2D eigenvalue weighted by molar-refractivity contribution is -0.152. The van der Waals surface area contributed by atoms with Crippen molar-refractivity contribution >= 4 is 17.9 Å². The molecule has 8 heteroatoms. The summed E-state index contributed by atoms with van der Waals surface area (Å²) in [5, 5.41) is 11.7. The third-order valence-corrected chi connectivity index (χ3v) is 0.814. The molecule has 0 bridgehead atoms. The zero-order valence-electron chi connectivity index (χ0n) is 6.97. The smallest absolute Gasteiger partial charge is 0.363 e. The molecule has 0 saturated carbocycles. The first-order valence-electron chi connectivity index (χ1n) is 3.25. The first kappa shape index (κ1) is 11.2. The van der Waals surface area contributed by atoms with Crippen LogP contribution in [0.15, 0.2) is 10.1 Å². The van der Waals surface area contributed by atoms with E-state index in [1.807, 2.05) is 0 Å². The van der Waals surface area contributed by atoms with Crippen LogP contribution < -0.4 is 17.2 Å². The number of carbonyl (C=O) groups is 1. The summed E-state index contributed by atoms with van der Waals surface area (Å²) in [6.07, 6.45) is -1.28. The molecule has 0 aromatic carbocycles. The Morgan fingerprint density at radius 1 is 1.46 bits per heavy atom. The number of aliphatic imine (C=N–C) groups is 1. The lowest BCUT2D eigenvalue weighted by Crippen LogP contribution is -2.27. The number of aliphatic hydroxyl groups excluding tert-OH is 1. The Bertz CT molecular complexity index is 243. The molecule has 0 aromatic rings. The minimum Gasteiger partial charge on any atom is -0.382 e. The van der Waals surface area contributed by atoms with Gasteiger partial charge in [0.25, 0.3) is 5.96 Å². The largest absolute Gasteiger partial charge is 0.382 e. The van der Waals surface area contributed by atoms with Crippen molar-refractivity contribution in [2.45, 2.75) is 13.0 Å². The highest BCUT2D eigenvalue weighted by Crippen LogP contribution is 1.87. The number of rotatable bonds is 2. The molecule has 74 valence electrons. The van der Waals surface area contributed by atoms with Crippen molar-refractivity contribution < 1.29 is 14.7 Å². The Labute approximate surface area is 74.0 Å². The average Bonchev–Trinajstić information content (AvgIpc) is 1.98. The third kappa shape index (κ3) is 5.44. The second-order valence-electron chi connectivity index (χ2n) is 2.07. The van der Waals surface area contributed by atoms with Crippen molar-refractivity contribution in [1.29, 1.82) is 0 Å². The van der Waals surface area contributed by atoms with Gasteiger partial charge < -0.3 is 27.1 Å². The quantitative estimate of drug-likeness (QED) is 0.162. The minimum absolute atomic E-state index is 0.311. The highest BCUT2D eigenvalue weighted by molar-refractivity contribution is 5.92. The molecule has 0 rings (SSSR count). The van der Waals surface area contributed by atoms with Crippen LogP contribution in [0.1, 0.15) is 6.92 Å². The Morgan fingerprint density at radius 2 is 2.00 bits per heavy atom. The zero-order valence-corrected chi connectivity index (χ0v) is 6.97. The van der Waals surface area contributed by atoms with Crippen molar-refractivity contribution in [3.63, 3.8) is 0 Å². The number of oxime groups is 1. The summed E-state index contributed by atoms with van der Waals surface area (Å²) in [5.41, 5.74) is 14.9. The van der Waals surface area contributed by atoms with Gasteiger partial charge in [-0.25, -0.2) is 4.79 Å².